The Hall–Kier alpha value is -0.740. The first-order valence-electron chi connectivity index (χ1n) is 5.52. The summed E-state index contributed by atoms with van der Waals surface area (Å²) in [6.45, 7) is 0.287. The highest BCUT2D eigenvalue weighted by Crippen LogP contribution is 2.35. The van der Waals surface area contributed by atoms with Crippen LogP contribution in [-0.4, -0.2) is 6.29 Å². The van der Waals surface area contributed by atoms with E-state index in [1.807, 2.05) is 6.07 Å². The second kappa shape index (κ2) is 6.81. The number of rotatable bonds is 4. The van der Waals surface area contributed by atoms with Crippen LogP contribution in [-0.2, 0) is 6.61 Å². The molecule has 0 amide bonds. The lowest BCUT2D eigenvalue weighted by molar-refractivity contribution is 0.112. The number of ether oxygens (including phenoxy) is 1. The normalized spacial score (nSPS) is 10.4. The molecule has 0 heterocycles. The Balaban J connectivity index is 2.18. The molecule has 0 radical (unpaired) electrons. The number of carbonyl (C=O) groups excluding carboxylic acids is 1. The van der Waals surface area contributed by atoms with E-state index >= 15 is 0 Å². The molecule has 0 aliphatic carbocycles. The Kier molecular flexibility index (Phi) is 5.33. The van der Waals surface area contributed by atoms with Crippen LogP contribution < -0.4 is 4.74 Å². The molecule has 0 atom stereocenters. The van der Waals surface area contributed by atoms with Crippen molar-refractivity contribution in [3.63, 3.8) is 0 Å². The number of carbonyl (C=O) groups is 1. The molecule has 0 unspecified atom stereocenters. The largest absolute Gasteiger partial charge is 0.486 e. The summed E-state index contributed by atoms with van der Waals surface area (Å²) in [5.41, 5.74) is 1.34. The molecule has 0 saturated heterocycles. The van der Waals surface area contributed by atoms with E-state index < -0.39 is 0 Å². The number of hydrogen-bond acceptors (Lipinski definition) is 2. The summed E-state index contributed by atoms with van der Waals surface area (Å²) in [7, 11) is 0. The predicted molar refractivity (Wildman–Crippen MR) is 85.3 cm³/mol. The summed E-state index contributed by atoms with van der Waals surface area (Å²) in [6, 6.07) is 8.43. The molecule has 2 aromatic carbocycles. The number of halogens is 4. The van der Waals surface area contributed by atoms with Gasteiger partial charge in [0.25, 0.3) is 0 Å². The highest BCUT2D eigenvalue weighted by Gasteiger charge is 2.10. The van der Waals surface area contributed by atoms with Crippen LogP contribution in [0, 0.1) is 0 Å². The average molecular weight is 394 g/mol. The van der Waals surface area contributed by atoms with Crippen molar-refractivity contribution in [2.45, 2.75) is 6.61 Å². The van der Waals surface area contributed by atoms with E-state index in [0.717, 1.165) is 11.8 Å². The minimum Gasteiger partial charge on any atom is -0.486 e. The third-order valence-electron chi connectivity index (χ3n) is 2.52. The molecule has 2 rings (SSSR count). The van der Waals surface area contributed by atoms with Crippen LogP contribution >= 0.6 is 50.7 Å². The molecule has 2 nitrogen and oxygen atoms in total. The van der Waals surface area contributed by atoms with Gasteiger partial charge in [0, 0.05) is 5.56 Å². The van der Waals surface area contributed by atoms with Crippen LogP contribution in [0.25, 0.3) is 0 Å². The van der Waals surface area contributed by atoms with Gasteiger partial charge in [-0.1, -0.05) is 40.9 Å². The quantitative estimate of drug-likeness (QED) is 0.613. The highest BCUT2D eigenvalue weighted by molar-refractivity contribution is 9.10. The van der Waals surface area contributed by atoms with Crippen molar-refractivity contribution in [1.82, 2.24) is 0 Å². The lowest BCUT2D eigenvalue weighted by Crippen LogP contribution is -1.97. The molecular formula is C14H8BrCl3O2. The van der Waals surface area contributed by atoms with Crippen molar-refractivity contribution in [2.75, 3.05) is 0 Å². The summed E-state index contributed by atoms with van der Waals surface area (Å²) in [5.74, 6) is 0.475. The fourth-order valence-corrected chi connectivity index (χ4v) is 2.88. The third kappa shape index (κ3) is 3.67. The SMILES string of the molecule is O=Cc1cc(Cl)c(OCc2ccc(Cl)c(Cl)c2)c(Br)c1. The standard InChI is InChI=1S/C14H8BrCl3O2/c15-10-3-9(6-19)5-13(18)14(10)20-7-8-1-2-11(16)12(17)4-8/h1-6H,7H2. The first kappa shape index (κ1) is 15.6. The molecule has 0 bridgehead atoms. The van der Waals surface area contributed by atoms with Gasteiger partial charge in [-0.3, -0.25) is 4.79 Å². The molecule has 0 saturated carbocycles. The Morgan fingerprint density at radius 3 is 2.40 bits per heavy atom. The summed E-state index contributed by atoms with van der Waals surface area (Å²) in [6.07, 6.45) is 0.722. The zero-order valence-corrected chi connectivity index (χ0v) is 13.9. The molecular weight excluding hydrogens is 386 g/mol. The van der Waals surface area contributed by atoms with Gasteiger partial charge in [0.15, 0.2) is 5.75 Å². The first-order valence-corrected chi connectivity index (χ1v) is 7.45. The fourth-order valence-electron chi connectivity index (χ4n) is 1.57. The van der Waals surface area contributed by atoms with E-state index in [1.54, 1.807) is 24.3 Å². The van der Waals surface area contributed by atoms with Crippen LogP contribution in [0.5, 0.6) is 5.75 Å². The van der Waals surface area contributed by atoms with Crippen LogP contribution in [0.15, 0.2) is 34.8 Å². The van der Waals surface area contributed by atoms with Crippen molar-refractivity contribution in [3.05, 3.63) is 61.0 Å². The van der Waals surface area contributed by atoms with Crippen LogP contribution in [0.2, 0.25) is 15.1 Å². The zero-order chi connectivity index (χ0) is 14.7. The number of hydrogen-bond donors (Lipinski definition) is 0. The van der Waals surface area contributed by atoms with Crippen molar-refractivity contribution < 1.29 is 9.53 Å². The van der Waals surface area contributed by atoms with Crippen molar-refractivity contribution in [2.24, 2.45) is 0 Å². The third-order valence-corrected chi connectivity index (χ3v) is 4.13. The van der Waals surface area contributed by atoms with E-state index in [9.17, 15) is 4.79 Å². The summed E-state index contributed by atoms with van der Waals surface area (Å²) in [5, 5.41) is 1.32. The average Bonchev–Trinajstić information content (AvgIpc) is 2.41. The van der Waals surface area contributed by atoms with Gasteiger partial charge < -0.3 is 4.74 Å². The fraction of sp³-hybridized carbons (Fsp3) is 0.0714. The Morgan fingerprint density at radius 2 is 1.80 bits per heavy atom. The molecule has 0 fully saturated rings. The van der Waals surface area contributed by atoms with Crippen molar-refractivity contribution >= 4 is 57.0 Å². The van der Waals surface area contributed by atoms with Gasteiger partial charge in [0.2, 0.25) is 0 Å². The maximum atomic E-state index is 10.7. The molecule has 6 heteroatoms. The minimum absolute atomic E-state index is 0.287. The monoisotopic (exact) mass is 392 g/mol. The van der Waals surface area contributed by atoms with Gasteiger partial charge in [0.05, 0.1) is 19.5 Å². The second-order valence-electron chi connectivity index (χ2n) is 3.97. The van der Waals surface area contributed by atoms with Gasteiger partial charge >= 0.3 is 0 Å². The molecule has 0 aromatic heterocycles. The van der Waals surface area contributed by atoms with Crippen molar-refractivity contribution in [1.29, 1.82) is 0 Å². The Morgan fingerprint density at radius 1 is 1.05 bits per heavy atom. The number of benzene rings is 2. The predicted octanol–water partition coefficient (Wildman–Crippen LogP) is 5.80. The summed E-state index contributed by atoms with van der Waals surface area (Å²) >= 11 is 21.2. The molecule has 0 N–H and O–H groups in total. The van der Waals surface area contributed by atoms with Gasteiger partial charge in [0.1, 0.15) is 12.9 Å². The topological polar surface area (TPSA) is 26.3 Å². The molecule has 0 aliphatic rings. The maximum absolute atomic E-state index is 10.7. The Labute approximate surface area is 139 Å². The van der Waals surface area contributed by atoms with Gasteiger partial charge in [-0.05, 0) is 45.8 Å². The molecule has 0 spiro atoms. The van der Waals surface area contributed by atoms with Crippen LogP contribution in [0.1, 0.15) is 15.9 Å². The van der Waals surface area contributed by atoms with E-state index in [1.165, 1.54) is 0 Å². The van der Waals surface area contributed by atoms with E-state index in [0.29, 0.717) is 30.9 Å². The lowest BCUT2D eigenvalue weighted by atomic mass is 10.2. The van der Waals surface area contributed by atoms with E-state index in [4.69, 9.17) is 39.5 Å². The molecule has 104 valence electrons. The highest BCUT2D eigenvalue weighted by atomic mass is 79.9. The molecule has 2 aromatic rings. The van der Waals surface area contributed by atoms with Gasteiger partial charge in [-0.2, -0.15) is 0 Å². The number of aldehydes is 1. The summed E-state index contributed by atoms with van der Waals surface area (Å²) < 4.78 is 6.27. The van der Waals surface area contributed by atoms with Crippen LogP contribution in [0.4, 0.5) is 0 Å². The molecule has 20 heavy (non-hydrogen) atoms. The van der Waals surface area contributed by atoms with E-state index in [2.05, 4.69) is 15.9 Å². The Bertz CT molecular complexity index is 636. The smallest absolute Gasteiger partial charge is 0.152 e. The van der Waals surface area contributed by atoms with Gasteiger partial charge in [-0.15, -0.1) is 0 Å². The maximum Gasteiger partial charge on any atom is 0.152 e. The van der Waals surface area contributed by atoms with Crippen molar-refractivity contribution in [3.8, 4) is 5.75 Å². The molecule has 0 aliphatic heterocycles. The minimum atomic E-state index is 0.287. The van der Waals surface area contributed by atoms with Gasteiger partial charge in [-0.25, -0.2) is 0 Å². The van der Waals surface area contributed by atoms with E-state index in [-0.39, 0.29) is 6.61 Å². The summed E-state index contributed by atoms with van der Waals surface area (Å²) in [4.78, 5) is 10.7. The van der Waals surface area contributed by atoms with Crippen LogP contribution in [0.3, 0.4) is 0 Å². The lowest BCUT2D eigenvalue weighted by Gasteiger charge is -2.11. The zero-order valence-electron chi connectivity index (χ0n) is 10.00. The first-order chi connectivity index (χ1) is 9.51. The second-order valence-corrected chi connectivity index (χ2v) is 6.04.